The predicted molar refractivity (Wildman–Crippen MR) is 99.1 cm³/mol. The summed E-state index contributed by atoms with van der Waals surface area (Å²) in [6.07, 6.45) is 2.52. The fourth-order valence-corrected chi connectivity index (χ4v) is 4.10. The summed E-state index contributed by atoms with van der Waals surface area (Å²) in [5.41, 5.74) is 7.91. The van der Waals surface area contributed by atoms with E-state index in [2.05, 4.69) is 4.98 Å². The van der Waals surface area contributed by atoms with Crippen molar-refractivity contribution >= 4 is 20.8 Å². The van der Waals surface area contributed by atoms with E-state index in [-0.39, 0.29) is 12.1 Å². The number of hydrogen-bond donors (Lipinski definition) is 1. The van der Waals surface area contributed by atoms with Crippen molar-refractivity contribution in [3.8, 4) is 5.88 Å². The number of nitrogens with zero attached hydrogens (tertiary/aromatic N) is 2. The molecule has 7 heteroatoms. The third-order valence-electron chi connectivity index (χ3n) is 4.67. The summed E-state index contributed by atoms with van der Waals surface area (Å²) < 4.78 is 31.0. The minimum Gasteiger partial charge on any atom is -0.474 e. The summed E-state index contributed by atoms with van der Waals surface area (Å²) in [4.78, 5) is 4.64. The monoisotopic (exact) mass is 363 g/mol. The summed E-state index contributed by atoms with van der Waals surface area (Å²) in [6, 6.07) is 7.91. The molecule has 0 amide bonds. The Bertz CT molecular complexity index is 873. The van der Waals surface area contributed by atoms with Crippen molar-refractivity contribution in [2.45, 2.75) is 38.8 Å². The number of hydrogen-bond acceptors (Lipinski definition) is 5. The van der Waals surface area contributed by atoms with Crippen molar-refractivity contribution in [3.63, 3.8) is 0 Å². The Balaban J connectivity index is 1.88. The molecule has 1 saturated heterocycles. The van der Waals surface area contributed by atoms with Gasteiger partial charge in [-0.1, -0.05) is 18.2 Å². The molecule has 2 heterocycles. The lowest BCUT2D eigenvalue weighted by molar-refractivity contribution is 0.131. The van der Waals surface area contributed by atoms with Gasteiger partial charge >= 0.3 is 0 Å². The van der Waals surface area contributed by atoms with Crippen LogP contribution in [0.1, 0.15) is 37.1 Å². The Labute approximate surface area is 149 Å². The molecule has 1 atom stereocenters. The van der Waals surface area contributed by atoms with Gasteiger partial charge in [0, 0.05) is 24.5 Å². The Hall–Kier alpha value is -1.70. The third kappa shape index (κ3) is 3.94. The maximum absolute atomic E-state index is 11.6. The van der Waals surface area contributed by atoms with E-state index in [1.807, 2.05) is 38.1 Å². The van der Waals surface area contributed by atoms with Crippen LogP contribution in [0.25, 0.3) is 10.8 Å². The Kier molecular flexibility index (Phi) is 4.99. The van der Waals surface area contributed by atoms with Crippen LogP contribution in [0.4, 0.5) is 0 Å². The van der Waals surface area contributed by atoms with E-state index in [1.165, 1.54) is 10.6 Å². The molecule has 1 fully saturated rings. The SMILES string of the molecule is Cc1cccc2cc([C@H](C)N)nc(OC3CCN(S(C)(=O)=O)CC3)c12. The maximum atomic E-state index is 11.6. The summed E-state index contributed by atoms with van der Waals surface area (Å²) in [6.45, 7) is 4.90. The number of nitrogens with two attached hydrogens (primary N) is 1. The molecule has 1 aliphatic rings. The average Bonchev–Trinajstić information content (AvgIpc) is 2.54. The van der Waals surface area contributed by atoms with Gasteiger partial charge < -0.3 is 10.5 Å². The van der Waals surface area contributed by atoms with Gasteiger partial charge in [-0.15, -0.1) is 0 Å². The Morgan fingerprint density at radius 3 is 2.60 bits per heavy atom. The van der Waals surface area contributed by atoms with Crippen LogP contribution in [0.5, 0.6) is 5.88 Å². The molecule has 1 aromatic carbocycles. The first-order valence-electron chi connectivity index (χ1n) is 8.53. The number of sulfonamides is 1. The number of fused-ring (bicyclic) bond motifs is 1. The van der Waals surface area contributed by atoms with Gasteiger partial charge in [0.2, 0.25) is 15.9 Å². The van der Waals surface area contributed by atoms with Crippen LogP contribution < -0.4 is 10.5 Å². The predicted octanol–water partition coefficient (Wildman–Crippen LogP) is 2.37. The third-order valence-corrected chi connectivity index (χ3v) is 5.97. The molecule has 0 radical (unpaired) electrons. The normalized spacial score (nSPS) is 18.4. The zero-order valence-electron chi connectivity index (χ0n) is 14.9. The Morgan fingerprint density at radius 1 is 1.32 bits per heavy atom. The molecule has 25 heavy (non-hydrogen) atoms. The number of pyridine rings is 1. The highest BCUT2D eigenvalue weighted by molar-refractivity contribution is 7.88. The van der Waals surface area contributed by atoms with E-state index in [9.17, 15) is 8.42 Å². The molecule has 0 saturated carbocycles. The summed E-state index contributed by atoms with van der Waals surface area (Å²) in [5, 5.41) is 2.06. The number of benzene rings is 1. The van der Waals surface area contributed by atoms with Crippen molar-refractivity contribution < 1.29 is 13.2 Å². The largest absolute Gasteiger partial charge is 0.474 e. The quantitative estimate of drug-likeness (QED) is 0.901. The van der Waals surface area contributed by atoms with Gasteiger partial charge in [0.25, 0.3) is 0 Å². The van der Waals surface area contributed by atoms with Crippen molar-refractivity contribution in [1.29, 1.82) is 0 Å². The van der Waals surface area contributed by atoms with Gasteiger partial charge in [-0.25, -0.2) is 17.7 Å². The highest BCUT2D eigenvalue weighted by atomic mass is 32.2. The minimum atomic E-state index is -3.14. The lowest BCUT2D eigenvalue weighted by Gasteiger charge is -2.30. The van der Waals surface area contributed by atoms with Crippen LogP contribution in [-0.4, -0.2) is 43.2 Å². The molecule has 1 aromatic heterocycles. The summed E-state index contributed by atoms with van der Waals surface area (Å²) in [5.74, 6) is 0.598. The van der Waals surface area contributed by atoms with Gasteiger partial charge in [0.15, 0.2) is 0 Å². The molecule has 136 valence electrons. The number of rotatable bonds is 4. The first kappa shape index (κ1) is 18.1. The van der Waals surface area contributed by atoms with Gasteiger partial charge in [0.1, 0.15) is 6.10 Å². The molecule has 0 bridgehead atoms. The van der Waals surface area contributed by atoms with Gasteiger partial charge in [-0.05, 0) is 43.7 Å². The molecule has 1 aliphatic heterocycles. The van der Waals surface area contributed by atoms with Gasteiger partial charge in [-0.2, -0.15) is 0 Å². The molecule has 3 rings (SSSR count). The van der Waals surface area contributed by atoms with Crippen molar-refractivity contribution in [1.82, 2.24) is 9.29 Å². The second-order valence-corrected chi connectivity index (χ2v) is 8.78. The molecule has 2 aromatic rings. The fourth-order valence-electron chi connectivity index (χ4n) is 3.23. The van der Waals surface area contributed by atoms with E-state index in [4.69, 9.17) is 10.5 Å². The second kappa shape index (κ2) is 6.90. The van der Waals surface area contributed by atoms with E-state index in [0.29, 0.717) is 31.8 Å². The standard InChI is InChI=1S/C18H25N3O3S/c1-12-5-4-6-14-11-16(13(2)19)20-18(17(12)14)24-15-7-9-21(10-8-15)25(3,22)23/h4-6,11,13,15H,7-10,19H2,1-3H3/t13-/m0/s1. The first-order valence-corrected chi connectivity index (χ1v) is 10.4. The molecule has 0 spiro atoms. The minimum absolute atomic E-state index is 0.0448. The molecule has 6 nitrogen and oxygen atoms in total. The first-order chi connectivity index (χ1) is 11.8. The van der Waals surface area contributed by atoms with Crippen LogP contribution in [-0.2, 0) is 10.0 Å². The van der Waals surface area contributed by atoms with Crippen LogP contribution in [0.2, 0.25) is 0 Å². The lowest BCUT2D eigenvalue weighted by atomic mass is 10.0. The fraction of sp³-hybridized carbons (Fsp3) is 0.500. The van der Waals surface area contributed by atoms with Crippen molar-refractivity contribution in [2.75, 3.05) is 19.3 Å². The molecular weight excluding hydrogens is 338 g/mol. The number of aromatic nitrogens is 1. The van der Waals surface area contributed by atoms with E-state index in [0.717, 1.165) is 22.0 Å². The summed E-state index contributed by atoms with van der Waals surface area (Å²) >= 11 is 0. The molecule has 2 N–H and O–H groups in total. The number of piperidine rings is 1. The van der Waals surface area contributed by atoms with Crippen molar-refractivity contribution in [3.05, 3.63) is 35.5 Å². The van der Waals surface area contributed by atoms with E-state index in [1.54, 1.807) is 0 Å². The zero-order valence-corrected chi connectivity index (χ0v) is 15.7. The van der Waals surface area contributed by atoms with Crippen LogP contribution in [0.15, 0.2) is 24.3 Å². The van der Waals surface area contributed by atoms with E-state index < -0.39 is 10.0 Å². The number of ether oxygens (including phenoxy) is 1. The second-order valence-electron chi connectivity index (χ2n) is 6.79. The van der Waals surface area contributed by atoms with Gasteiger partial charge in [0.05, 0.1) is 11.9 Å². The zero-order chi connectivity index (χ0) is 18.2. The van der Waals surface area contributed by atoms with Crippen molar-refractivity contribution in [2.24, 2.45) is 5.73 Å². The highest BCUT2D eigenvalue weighted by Crippen LogP contribution is 2.31. The molecule has 0 aliphatic carbocycles. The molecule has 0 unspecified atom stereocenters. The lowest BCUT2D eigenvalue weighted by Crippen LogP contribution is -2.41. The van der Waals surface area contributed by atoms with Crippen LogP contribution in [0.3, 0.4) is 0 Å². The van der Waals surface area contributed by atoms with Crippen LogP contribution in [0, 0.1) is 6.92 Å². The number of aryl methyl sites for hydroxylation is 1. The van der Waals surface area contributed by atoms with E-state index >= 15 is 0 Å². The van der Waals surface area contributed by atoms with Gasteiger partial charge in [-0.3, -0.25) is 0 Å². The summed E-state index contributed by atoms with van der Waals surface area (Å²) in [7, 11) is -3.14. The topological polar surface area (TPSA) is 85.5 Å². The highest BCUT2D eigenvalue weighted by Gasteiger charge is 2.27. The average molecular weight is 363 g/mol. The smallest absolute Gasteiger partial charge is 0.222 e. The molecular formula is C18H25N3O3S. The van der Waals surface area contributed by atoms with Crippen LogP contribution >= 0.6 is 0 Å². The maximum Gasteiger partial charge on any atom is 0.222 e. The Morgan fingerprint density at radius 2 is 2.00 bits per heavy atom.